The van der Waals surface area contributed by atoms with Crippen molar-refractivity contribution in [2.24, 2.45) is 17.8 Å². The number of hydrogen-bond donors (Lipinski definition) is 1. The van der Waals surface area contributed by atoms with E-state index in [1.54, 1.807) is 23.4 Å². The van der Waals surface area contributed by atoms with Gasteiger partial charge in [0, 0.05) is 63.8 Å². The number of carbonyl (C=O) groups excluding carboxylic acids is 2. The zero-order valence-corrected chi connectivity index (χ0v) is 29.0. The van der Waals surface area contributed by atoms with Crippen LogP contribution in [-0.2, 0) is 23.8 Å². The number of morpholine rings is 2. The molecule has 1 aromatic rings. The van der Waals surface area contributed by atoms with Crippen molar-refractivity contribution in [3.8, 4) is 0 Å². The number of nitrogens with one attached hydrogen (secondary N) is 1. The van der Waals surface area contributed by atoms with E-state index >= 15 is 4.39 Å². The molecule has 1 amide bonds. The van der Waals surface area contributed by atoms with E-state index in [4.69, 9.17) is 14.2 Å². The number of ketones is 1. The molecule has 7 fully saturated rings. The molecule has 1 N–H and O–H groups in total. The second-order valence-corrected chi connectivity index (χ2v) is 15.8. The van der Waals surface area contributed by atoms with Gasteiger partial charge in [-0.25, -0.2) is 14.4 Å². The number of fused-ring (bicyclic) bond motifs is 5. The van der Waals surface area contributed by atoms with E-state index in [1.165, 1.54) is 19.3 Å². The number of rotatable bonds is 7. The van der Waals surface area contributed by atoms with Gasteiger partial charge >= 0.3 is 0 Å². The molecule has 272 valence electrons. The number of halogens is 1. The van der Waals surface area contributed by atoms with Crippen LogP contribution in [0.25, 0.3) is 0 Å². The van der Waals surface area contributed by atoms with Gasteiger partial charge in [-0.2, -0.15) is 0 Å². The number of hydrogen-bond acceptors (Lipinski definition) is 11. The van der Waals surface area contributed by atoms with Crippen LogP contribution in [0.1, 0.15) is 51.4 Å². The Morgan fingerprint density at radius 2 is 1.72 bits per heavy atom. The molecule has 4 saturated heterocycles. The molecule has 12 nitrogen and oxygen atoms in total. The van der Waals surface area contributed by atoms with Crippen molar-refractivity contribution in [1.29, 1.82) is 0 Å². The fourth-order valence-electron chi connectivity index (χ4n) is 10.8. The van der Waals surface area contributed by atoms with E-state index in [1.807, 2.05) is 6.20 Å². The highest BCUT2D eigenvalue weighted by atomic mass is 19.1. The van der Waals surface area contributed by atoms with Gasteiger partial charge in [0.1, 0.15) is 6.17 Å². The Labute approximate surface area is 294 Å². The SMILES string of the molecule is O=C1C(C(=O)N2CCN(c3ncccn3)CC2)=CN2C3CC4OC5CCCCC5C4CC3OC3C(NCCCN4CCOCC4)C(F)CC1C32. The van der Waals surface area contributed by atoms with Gasteiger partial charge in [0.15, 0.2) is 5.78 Å². The third-order valence-corrected chi connectivity index (χ3v) is 13.2. The average molecular weight is 694 g/mol. The Balaban J connectivity index is 0.963. The second kappa shape index (κ2) is 14.0. The van der Waals surface area contributed by atoms with Crippen molar-refractivity contribution in [1.82, 2.24) is 30.0 Å². The molecule has 0 aromatic carbocycles. The first-order chi connectivity index (χ1) is 24.5. The van der Waals surface area contributed by atoms with Crippen LogP contribution in [0, 0.1) is 17.8 Å². The van der Waals surface area contributed by atoms with Crippen molar-refractivity contribution >= 4 is 17.6 Å². The second-order valence-electron chi connectivity index (χ2n) is 15.8. The van der Waals surface area contributed by atoms with Crippen LogP contribution in [0.2, 0.25) is 0 Å². The third kappa shape index (κ3) is 6.04. The van der Waals surface area contributed by atoms with Crippen LogP contribution >= 0.6 is 0 Å². The summed E-state index contributed by atoms with van der Waals surface area (Å²) in [5.74, 6) is 0.536. The number of amides is 1. The topological polar surface area (TPSA) is 113 Å². The Morgan fingerprint density at radius 1 is 0.920 bits per heavy atom. The van der Waals surface area contributed by atoms with Gasteiger partial charge in [0.25, 0.3) is 5.91 Å². The predicted octanol–water partition coefficient (Wildman–Crippen LogP) is 1.80. The minimum Gasteiger partial charge on any atom is -0.379 e. The average Bonchev–Trinajstić information content (AvgIpc) is 3.52. The zero-order chi connectivity index (χ0) is 33.8. The molecule has 0 bridgehead atoms. The van der Waals surface area contributed by atoms with Gasteiger partial charge < -0.3 is 34.2 Å². The molecule has 0 spiro atoms. The lowest BCUT2D eigenvalue weighted by atomic mass is 9.67. The number of nitrogens with zero attached hydrogens (tertiary/aromatic N) is 6. The first-order valence-corrected chi connectivity index (χ1v) is 19.4. The van der Waals surface area contributed by atoms with E-state index < -0.39 is 24.2 Å². The molecule has 0 radical (unpaired) electrons. The summed E-state index contributed by atoms with van der Waals surface area (Å²) in [6.07, 6.45) is 11.5. The fraction of sp³-hybridized carbons (Fsp3) is 0.784. The molecule has 13 heteroatoms. The molecular formula is C37H52FN7O5. The van der Waals surface area contributed by atoms with E-state index in [2.05, 4.69) is 30.0 Å². The molecule has 9 rings (SSSR count). The summed E-state index contributed by atoms with van der Waals surface area (Å²) in [6, 6.07) is 0.961. The van der Waals surface area contributed by atoms with Crippen LogP contribution in [0.3, 0.4) is 0 Å². The van der Waals surface area contributed by atoms with Gasteiger partial charge in [-0.05, 0) is 69.5 Å². The highest BCUT2D eigenvalue weighted by Gasteiger charge is 2.61. The van der Waals surface area contributed by atoms with Crippen LogP contribution in [0.4, 0.5) is 10.3 Å². The quantitative estimate of drug-likeness (QED) is 0.334. The van der Waals surface area contributed by atoms with Gasteiger partial charge in [0.05, 0.1) is 61.3 Å². The van der Waals surface area contributed by atoms with E-state index in [9.17, 15) is 9.59 Å². The fourth-order valence-corrected chi connectivity index (χ4v) is 10.8. The first-order valence-electron chi connectivity index (χ1n) is 19.4. The number of ether oxygens (including phenoxy) is 3. The van der Waals surface area contributed by atoms with Gasteiger partial charge in [-0.15, -0.1) is 0 Å². The smallest absolute Gasteiger partial charge is 0.259 e. The minimum absolute atomic E-state index is 0.0127. The molecule has 5 aliphatic heterocycles. The molecule has 6 heterocycles. The number of aromatic nitrogens is 2. The monoisotopic (exact) mass is 693 g/mol. The summed E-state index contributed by atoms with van der Waals surface area (Å²) in [5, 5.41) is 3.57. The summed E-state index contributed by atoms with van der Waals surface area (Å²) >= 11 is 0. The maximum Gasteiger partial charge on any atom is 0.259 e. The van der Waals surface area contributed by atoms with Crippen molar-refractivity contribution in [2.45, 2.75) is 100 Å². The van der Waals surface area contributed by atoms with E-state index in [0.29, 0.717) is 56.6 Å². The van der Waals surface area contributed by atoms with E-state index in [-0.39, 0.29) is 48.0 Å². The summed E-state index contributed by atoms with van der Waals surface area (Å²) in [6.45, 7) is 7.13. The third-order valence-electron chi connectivity index (χ3n) is 13.2. The lowest BCUT2D eigenvalue weighted by Crippen LogP contribution is -2.73. The number of alkyl halides is 1. The largest absolute Gasteiger partial charge is 0.379 e. The van der Waals surface area contributed by atoms with Gasteiger partial charge in [-0.1, -0.05) is 12.8 Å². The van der Waals surface area contributed by atoms with Crippen LogP contribution in [-0.4, -0.2) is 151 Å². The molecule has 8 aliphatic rings. The number of anilines is 1. The standard InChI is InChI=1S/C37H52FN7O5/c38-27-19-25-33-35(32(27)39-9-4-10-42-15-17-48-18-16-42)50-31-20-24-23-5-1-2-6-29(23)49-30(24)21-28(31)45(33)22-26(34(25)46)36(47)43-11-13-44(14-12-43)37-40-7-3-8-41-37/h3,7-8,22-25,27-33,35,39H,1-2,4-6,9-21H2. The van der Waals surface area contributed by atoms with Gasteiger partial charge in [0.2, 0.25) is 5.95 Å². The Morgan fingerprint density at radius 3 is 2.54 bits per heavy atom. The Hall–Kier alpha value is -2.71. The molecule has 1 aromatic heterocycles. The summed E-state index contributed by atoms with van der Waals surface area (Å²) < 4.78 is 35.7. The molecule has 3 aliphatic carbocycles. The van der Waals surface area contributed by atoms with Crippen molar-refractivity contribution in [3.63, 3.8) is 0 Å². The lowest BCUT2D eigenvalue weighted by molar-refractivity contribution is -0.209. The lowest BCUT2D eigenvalue weighted by Gasteiger charge is -2.60. The van der Waals surface area contributed by atoms with E-state index in [0.717, 1.165) is 58.5 Å². The van der Waals surface area contributed by atoms with Crippen LogP contribution in [0.5, 0.6) is 0 Å². The van der Waals surface area contributed by atoms with Crippen molar-refractivity contribution < 1.29 is 28.2 Å². The highest BCUT2D eigenvalue weighted by molar-refractivity contribution is 6.20. The Bertz CT molecular complexity index is 1420. The number of carbonyl (C=O) groups is 2. The van der Waals surface area contributed by atoms with Gasteiger partial charge in [-0.3, -0.25) is 14.5 Å². The van der Waals surface area contributed by atoms with Crippen molar-refractivity contribution in [3.05, 3.63) is 30.2 Å². The molecule has 11 atom stereocenters. The summed E-state index contributed by atoms with van der Waals surface area (Å²) in [7, 11) is 0. The summed E-state index contributed by atoms with van der Waals surface area (Å²) in [5.41, 5.74) is 0.197. The molecule has 11 unspecified atom stereocenters. The first kappa shape index (κ1) is 33.1. The predicted molar refractivity (Wildman–Crippen MR) is 182 cm³/mol. The normalized spacial score (nSPS) is 40.0. The highest BCUT2D eigenvalue weighted by Crippen LogP contribution is 2.52. The van der Waals surface area contributed by atoms with Crippen LogP contribution in [0.15, 0.2) is 30.2 Å². The van der Waals surface area contributed by atoms with Crippen molar-refractivity contribution in [2.75, 3.05) is 70.5 Å². The Kier molecular flexibility index (Phi) is 9.30. The number of Topliss-reactive ketones (excluding diaryl/α,β-unsaturated/α-hetero) is 1. The molecule has 50 heavy (non-hydrogen) atoms. The maximum absolute atomic E-state index is 16.4. The zero-order valence-electron chi connectivity index (χ0n) is 29.0. The number of piperazine rings is 1. The maximum atomic E-state index is 16.4. The molecular weight excluding hydrogens is 641 g/mol. The minimum atomic E-state index is -1.25. The van der Waals surface area contributed by atoms with Crippen LogP contribution < -0.4 is 10.2 Å². The summed E-state index contributed by atoms with van der Waals surface area (Å²) in [4.78, 5) is 45.8. The molecule has 3 saturated carbocycles.